The Morgan fingerprint density at radius 2 is 2.00 bits per heavy atom. The molecule has 108 valence electrons. The molecule has 1 saturated heterocycles. The number of hydrogen-bond acceptors (Lipinski definition) is 3. The molecule has 7 heteroatoms. The van der Waals surface area contributed by atoms with Crippen LogP contribution in [-0.4, -0.2) is 35.7 Å². The largest absolute Gasteiger partial charge is 0.480 e. The van der Waals surface area contributed by atoms with Gasteiger partial charge in [-0.1, -0.05) is 0 Å². The zero-order valence-corrected chi connectivity index (χ0v) is 12.6. The number of benzene rings is 1. The average molecular weight is 393 g/mol. The maximum atomic E-state index is 13.0. The van der Waals surface area contributed by atoms with Gasteiger partial charge in [0.05, 0.1) is 5.56 Å². The molecule has 20 heavy (non-hydrogen) atoms. The van der Waals surface area contributed by atoms with E-state index < -0.39 is 23.2 Å². The highest BCUT2D eigenvalue weighted by Crippen LogP contribution is 2.23. The van der Waals surface area contributed by atoms with Crippen molar-refractivity contribution in [2.75, 3.05) is 13.2 Å². The van der Waals surface area contributed by atoms with Gasteiger partial charge in [-0.25, -0.2) is 9.18 Å². The summed E-state index contributed by atoms with van der Waals surface area (Å²) in [5.41, 5.74) is -1.05. The zero-order valence-electron chi connectivity index (χ0n) is 10.5. The van der Waals surface area contributed by atoms with Crippen LogP contribution in [0.2, 0.25) is 0 Å². The molecule has 1 amide bonds. The van der Waals surface area contributed by atoms with Crippen molar-refractivity contribution >= 4 is 34.5 Å². The summed E-state index contributed by atoms with van der Waals surface area (Å²) in [6.45, 7) is 0.570. The van der Waals surface area contributed by atoms with E-state index >= 15 is 0 Å². The van der Waals surface area contributed by atoms with Gasteiger partial charge >= 0.3 is 5.97 Å². The van der Waals surface area contributed by atoms with E-state index in [1.807, 2.05) is 22.6 Å². The molecule has 2 rings (SSSR count). The second kappa shape index (κ2) is 6.04. The van der Waals surface area contributed by atoms with Crippen molar-refractivity contribution in [3.63, 3.8) is 0 Å². The van der Waals surface area contributed by atoms with Gasteiger partial charge in [0.15, 0.2) is 0 Å². The third kappa shape index (κ3) is 3.09. The smallest absolute Gasteiger partial charge is 0.329 e. The Morgan fingerprint density at radius 3 is 2.55 bits per heavy atom. The van der Waals surface area contributed by atoms with Crippen molar-refractivity contribution in [2.45, 2.75) is 18.4 Å². The summed E-state index contributed by atoms with van der Waals surface area (Å²) in [6, 6.07) is 3.75. The van der Waals surface area contributed by atoms with E-state index in [1.165, 1.54) is 18.2 Å². The lowest BCUT2D eigenvalue weighted by Crippen LogP contribution is -2.57. The first-order chi connectivity index (χ1) is 9.44. The molecule has 1 aliphatic rings. The first-order valence-electron chi connectivity index (χ1n) is 6.03. The molecule has 1 aromatic carbocycles. The molecule has 1 aliphatic heterocycles. The molecular formula is C13H13FINO4. The van der Waals surface area contributed by atoms with Crippen LogP contribution in [-0.2, 0) is 9.53 Å². The lowest BCUT2D eigenvalue weighted by atomic mass is 9.89. The number of halogens is 2. The average Bonchev–Trinajstić information content (AvgIpc) is 2.39. The number of aliphatic carboxylic acids is 1. The van der Waals surface area contributed by atoms with E-state index in [0.29, 0.717) is 3.57 Å². The van der Waals surface area contributed by atoms with Crippen LogP contribution in [0.25, 0.3) is 0 Å². The number of carboxylic acid groups (broad SMARTS) is 1. The van der Waals surface area contributed by atoms with Crippen molar-refractivity contribution in [1.29, 1.82) is 0 Å². The van der Waals surface area contributed by atoms with Gasteiger partial charge < -0.3 is 15.2 Å². The number of hydrogen-bond donors (Lipinski definition) is 2. The highest BCUT2D eigenvalue weighted by molar-refractivity contribution is 14.1. The molecule has 0 aromatic heterocycles. The van der Waals surface area contributed by atoms with Crippen molar-refractivity contribution in [3.8, 4) is 0 Å². The van der Waals surface area contributed by atoms with E-state index in [-0.39, 0.29) is 31.6 Å². The lowest BCUT2D eigenvalue weighted by Gasteiger charge is -2.33. The number of nitrogens with one attached hydrogen (secondary N) is 1. The molecular weight excluding hydrogens is 380 g/mol. The fraction of sp³-hybridized carbons (Fsp3) is 0.385. The summed E-state index contributed by atoms with van der Waals surface area (Å²) < 4.78 is 18.6. The Kier molecular flexibility index (Phi) is 4.59. The van der Waals surface area contributed by atoms with E-state index in [1.54, 1.807) is 0 Å². The molecule has 0 spiro atoms. The molecule has 0 unspecified atom stereocenters. The predicted octanol–water partition coefficient (Wildman–Crippen LogP) is 1.79. The molecule has 2 N–H and O–H groups in total. The minimum Gasteiger partial charge on any atom is -0.480 e. The predicted molar refractivity (Wildman–Crippen MR) is 77.0 cm³/mol. The van der Waals surface area contributed by atoms with E-state index in [2.05, 4.69) is 5.32 Å². The quantitative estimate of drug-likeness (QED) is 0.769. The zero-order chi connectivity index (χ0) is 14.8. The number of ether oxygens (including phenoxy) is 1. The van der Waals surface area contributed by atoms with Gasteiger partial charge in [-0.05, 0) is 40.8 Å². The number of amides is 1. The molecule has 1 heterocycles. The lowest BCUT2D eigenvalue weighted by molar-refractivity contribution is -0.148. The number of carbonyl (C=O) groups is 2. The van der Waals surface area contributed by atoms with Crippen molar-refractivity contribution in [1.82, 2.24) is 5.32 Å². The number of carboxylic acids is 1. The topological polar surface area (TPSA) is 75.6 Å². The fourth-order valence-corrected chi connectivity index (χ4v) is 2.79. The summed E-state index contributed by atoms with van der Waals surface area (Å²) in [6.07, 6.45) is 0.428. The van der Waals surface area contributed by atoms with Gasteiger partial charge in [0.1, 0.15) is 11.4 Å². The fourth-order valence-electron chi connectivity index (χ4n) is 2.07. The van der Waals surface area contributed by atoms with E-state index in [9.17, 15) is 19.1 Å². The van der Waals surface area contributed by atoms with Crippen LogP contribution in [0.1, 0.15) is 23.2 Å². The standard InChI is InChI=1S/C13H13FINO4/c14-8-1-2-9(10(15)7-8)11(17)16-13(12(18)19)3-5-20-6-4-13/h1-2,7H,3-6H2,(H,16,17)(H,18,19). The van der Waals surface area contributed by atoms with Gasteiger partial charge in [0, 0.05) is 29.6 Å². The van der Waals surface area contributed by atoms with E-state index in [0.717, 1.165) is 0 Å². The Balaban J connectivity index is 2.22. The van der Waals surface area contributed by atoms with Crippen LogP contribution in [0.15, 0.2) is 18.2 Å². The summed E-state index contributed by atoms with van der Waals surface area (Å²) in [7, 11) is 0. The first-order valence-corrected chi connectivity index (χ1v) is 7.11. The molecule has 0 saturated carbocycles. The van der Waals surface area contributed by atoms with Gasteiger partial charge in [-0.3, -0.25) is 4.79 Å². The second-order valence-corrected chi connectivity index (χ2v) is 5.74. The van der Waals surface area contributed by atoms with Gasteiger partial charge in [0.2, 0.25) is 0 Å². The van der Waals surface area contributed by atoms with Crippen LogP contribution in [0.5, 0.6) is 0 Å². The molecule has 0 aliphatic carbocycles. The molecule has 1 fully saturated rings. The maximum absolute atomic E-state index is 13.0. The van der Waals surface area contributed by atoms with Crippen LogP contribution in [0.3, 0.4) is 0 Å². The Labute approximate surface area is 128 Å². The van der Waals surface area contributed by atoms with Crippen LogP contribution >= 0.6 is 22.6 Å². The van der Waals surface area contributed by atoms with Crippen LogP contribution < -0.4 is 5.32 Å². The summed E-state index contributed by atoms with van der Waals surface area (Å²) in [4.78, 5) is 23.7. The summed E-state index contributed by atoms with van der Waals surface area (Å²) >= 11 is 1.84. The first kappa shape index (κ1) is 15.2. The minimum atomic E-state index is -1.31. The van der Waals surface area contributed by atoms with Gasteiger partial charge in [0.25, 0.3) is 5.91 Å². The highest BCUT2D eigenvalue weighted by Gasteiger charge is 2.41. The summed E-state index contributed by atoms with van der Waals surface area (Å²) in [5.74, 6) is -2.03. The molecule has 0 bridgehead atoms. The van der Waals surface area contributed by atoms with Crippen molar-refractivity contribution in [2.24, 2.45) is 0 Å². The van der Waals surface area contributed by atoms with Crippen LogP contribution in [0, 0.1) is 9.39 Å². The molecule has 0 atom stereocenters. The van der Waals surface area contributed by atoms with Crippen molar-refractivity contribution in [3.05, 3.63) is 33.1 Å². The molecule has 0 radical (unpaired) electrons. The van der Waals surface area contributed by atoms with E-state index in [4.69, 9.17) is 4.74 Å². The van der Waals surface area contributed by atoms with Gasteiger partial charge in [-0.2, -0.15) is 0 Å². The third-order valence-electron chi connectivity index (χ3n) is 3.28. The normalized spacial score (nSPS) is 17.5. The van der Waals surface area contributed by atoms with Crippen LogP contribution in [0.4, 0.5) is 4.39 Å². The Bertz CT molecular complexity index is 543. The monoisotopic (exact) mass is 393 g/mol. The van der Waals surface area contributed by atoms with Crippen molar-refractivity contribution < 1.29 is 23.8 Å². The minimum absolute atomic E-state index is 0.214. The summed E-state index contributed by atoms with van der Waals surface area (Å²) in [5, 5.41) is 11.9. The third-order valence-corrected chi connectivity index (χ3v) is 4.18. The van der Waals surface area contributed by atoms with Gasteiger partial charge in [-0.15, -0.1) is 0 Å². The molecule has 1 aromatic rings. The molecule has 5 nitrogen and oxygen atoms in total. The Hall–Kier alpha value is -1.22. The Morgan fingerprint density at radius 1 is 1.35 bits per heavy atom. The maximum Gasteiger partial charge on any atom is 0.329 e. The number of carbonyl (C=O) groups excluding carboxylic acids is 1. The number of rotatable bonds is 3. The second-order valence-electron chi connectivity index (χ2n) is 4.58. The highest BCUT2D eigenvalue weighted by atomic mass is 127. The SMILES string of the molecule is O=C(NC1(C(=O)O)CCOCC1)c1ccc(F)cc1I.